The van der Waals surface area contributed by atoms with E-state index in [-0.39, 0.29) is 5.54 Å². The van der Waals surface area contributed by atoms with Gasteiger partial charge in [-0.2, -0.15) is 0 Å². The van der Waals surface area contributed by atoms with Crippen molar-refractivity contribution in [2.45, 2.75) is 33.2 Å². The van der Waals surface area contributed by atoms with E-state index in [1.165, 1.54) is 0 Å². The van der Waals surface area contributed by atoms with Crippen LogP contribution in [-0.2, 0) is 0 Å². The topological polar surface area (TPSA) is 50.4 Å². The molecule has 0 bridgehead atoms. The summed E-state index contributed by atoms with van der Waals surface area (Å²) in [5, 5.41) is 0.687. The Balaban J connectivity index is 3.19. The van der Waals surface area contributed by atoms with Crippen LogP contribution in [0.2, 0.25) is 5.02 Å². The second kappa shape index (κ2) is 4.85. The molecule has 0 aliphatic heterocycles. The zero-order valence-electron chi connectivity index (χ0n) is 10.1. The molecular formula is C12H18ClN3. The first-order chi connectivity index (χ1) is 7.31. The van der Waals surface area contributed by atoms with Crippen LogP contribution >= 0.6 is 11.6 Å². The monoisotopic (exact) mass is 239 g/mol. The highest BCUT2D eigenvalue weighted by Crippen LogP contribution is 2.16. The molecule has 0 fully saturated rings. The maximum Gasteiger partial charge on any atom is 0.143 e. The molecule has 1 rings (SSSR count). The van der Waals surface area contributed by atoms with E-state index >= 15 is 0 Å². The Hall–Kier alpha value is -1.06. The standard InChI is InChI=1S/C12H18ClN3/c1-8-5-9(7-10(13)6-8)11(16-14)15-12(2,3)4/h5-7H,14H2,1-4H3,(H,15,16). The predicted molar refractivity (Wildman–Crippen MR) is 69.8 cm³/mol. The number of nitrogens with zero attached hydrogens (tertiary/aromatic N) is 1. The van der Waals surface area contributed by atoms with Gasteiger partial charge in [0.25, 0.3) is 0 Å². The van der Waals surface area contributed by atoms with Gasteiger partial charge in [-0.15, -0.1) is 0 Å². The number of amidine groups is 1. The number of halogens is 1. The summed E-state index contributed by atoms with van der Waals surface area (Å²) in [4.78, 5) is 4.50. The number of nitrogens with two attached hydrogens (primary N) is 1. The van der Waals surface area contributed by atoms with E-state index in [9.17, 15) is 0 Å². The van der Waals surface area contributed by atoms with Crippen molar-refractivity contribution in [1.29, 1.82) is 0 Å². The van der Waals surface area contributed by atoms with Gasteiger partial charge in [-0.1, -0.05) is 11.6 Å². The fraction of sp³-hybridized carbons (Fsp3) is 0.417. The molecule has 0 aliphatic rings. The number of rotatable bonds is 1. The summed E-state index contributed by atoms with van der Waals surface area (Å²) < 4.78 is 0. The molecule has 0 amide bonds. The molecule has 0 radical (unpaired) electrons. The van der Waals surface area contributed by atoms with Crippen LogP contribution in [-0.4, -0.2) is 11.4 Å². The molecule has 0 aromatic heterocycles. The summed E-state index contributed by atoms with van der Waals surface area (Å²) in [7, 11) is 0. The van der Waals surface area contributed by atoms with Gasteiger partial charge in [0.05, 0.1) is 5.54 Å². The van der Waals surface area contributed by atoms with Crippen molar-refractivity contribution in [3.63, 3.8) is 0 Å². The van der Waals surface area contributed by atoms with Gasteiger partial charge in [0.2, 0.25) is 0 Å². The summed E-state index contributed by atoms with van der Waals surface area (Å²) in [6.45, 7) is 8.03. The molecule has 3 nitrogen and oxygen atoms in total. The van der Waals surface area contributed by atoms with E-state index in [1.54, 1.807) is 0 Å². The Labute approximate surface area is 102 Å². The average Bonchev–Trinajstić information content (AvgIpc) is 2.11. The highest BCUT2D eigenvalue weighted by molar-refractivity contribution is 6.31. The van der Waals surface area contributed by atoms with Crippen molar-refractivity contribution in [2.75, 3.05) is 0 Å². The molecule has 0 heterocycles. The first-order valence-corrected chi connectivity index (χ1v) is 5.53. The lowest BCUT2D eigenvalue weighted by atomic mass is 10.1. The number of hydrogen-bond acceptors (Lipinski definition) is 2. The summed E-state index contributed by atoms with van der Waals surface area (Å²) in [6, 6.07) is 5.74. The zero-order chi connectivity index (χ0) is 12.3. The van der Waals surface area contributed by atoms with Gasteiger partial charge in [0, 0.05) is 10.6 Å². The minimum absolute atomic E-state index is 0.183. The largest absolute Gasteiger partial charge is 0.308 e. The Kier molecular flexibility index (Phi) is 3.94. The SMILES string of the molecule is Cc1cc(Cl)cc(C(=NC(C)(C)C)NN)c1. The number of hydrogen-bond donors (Lipinski definition) is 2. The first kappa shape index (κ1) is 13.0. The maximum absolute atomic E-state index is 6.00. The highest BCUT2D eigenvalue weighted by Gasteiger charge is 2.11. The Morgan fingerprint density at radius 2 is 1.94 bits per heavy atom. The van der Waals surface area contributed by atoms with Crippen LogP contribution in [0.25, 0.3) is 0 Å². The predicted octanol–water partition coefficient (Wildman–Crippen LogP) is 2.66. The number of nitrogens with one attached hydrogen (secondary N) is 1. The Morgan fingerprint density at radius 3 is 2.38 bits per heavy atom. The van der Waals surface area contributed by atoms with E-state index in [0.717, 1.165) is 11.1 Å². The van der Waals surface area contributed by atoms with Crippen LogP contribution in [0.5, 0.6) is 0 Å². The zero-order valence-corrected chi connectivity index (χ0v) is 10.9. The third-order valence-corrected chi connectivity index (χ3v) is 2.12. The third-order valence-electron chi connectivity index (χ3n) is 1.90. The van der Waals surface area contributed by atoms with Crippen molar-refractivity contribution in [1.82, 2.24) is 5.43 Å². The van der Waals surface area contributed by atoms with Gasteiger partial charge in [-0.05, 0) is 51.5 Å². The van der Waals surface area contributed by atoms with E-state index in [2.05, 4.69) is 10.4 Å². The van der Waals surface area contributed by atoms with Crippen molar-refractivity contribution in [2.24, 2.45) is 10.8 Å². The molecule has 4 heteroatoms. The van der Waals surface area contributed by atoms with E-state index in [4.69, 9.17) is 17.4 Å². The van der Waals surface area contributed by atoms with Gasteiger partial charge in [0.1, 0.15) is 5.84 Å². The maximum atomic E-state index is 6.00. The van der Waals surface area contributed by atoms with E-state index in [0.29, 0.717) is 10.9 Å². The quantitative estimate of drug-likeness (QED) is 0.343. The molecule has 0 aliphatic carbocycles. The number of aryl methyl sites for hydroxylation is 1. The fourth-order valence-electron chi connectivity index (χ4n) is 1.39. The molecule has 0 saturated carbocycles. The molecule has 16 heavy (non-hydrogen) atoms. The normalized spacial score (nSPS) is 12.8. The van der Waals surface area contributed by atoms with Crippen LogP contribution in [0.3, 0.4) is 0 Å². The van der Waals surface area contributed by atoms with Crippen LogP contribution in [0.1, 0.15) is 31.9 Å². The van der Waals surface area contributed by atoms with Crippen LogP contribution in [0.4, 0.5) is 0 Å². The molecule has 0 unspecified atom stereocenters. The minimum atomic E-state index is -0.183. The van der Waals surface area contributed by atoms with Crippen LogP contribution < -0.4 is 11.3 Å². The third kappa shape index (κ3) is 3.83. The average molecular weight is 240 g/mol. The summed E-state index contributed by atoms with van der Waals surface area (Å²) in [5.74, 6) is 6.14. The molecule has 1 aromatic rings. The fourth-order valence-corrected chi connectivity index (χ4v) is 1.68. The molecular weight excluding hydrogens is 222 g/mol. The number of benzene rings is 1. The molecule has 0 spiro atoms. The lowest BCUT2D eigenvalue weighted by molar-refractivity contribution is 0.580. The van der Waals surface area contributed by atoms with Gasteiger partial charge in [0.15, 0.2) is 0 Å². The molecule has 0 atom stereocenters. The lowest BCUT2D eigenvalue weighted by Crippen LogP contribution is -2.33. The molecule has 0 saturated heterocycles. The van der Waals surface area contributed by atoms with Gasteiger partial charge in [-0.3, -0.25) is 4.99 Å². The number of aliphatic imine (C=N–C) groups is 1. The Morgan fingerprint density at radius 1 is 1.31 bits per heavy atom. The van der Waals surface area contributed by atoms with E-state index in [1.807, 2.05) is 45.9 Å². The van der Waals surface area contributed by atoms with Gasteiger partial charge < -0.3 is 5.43 Å². The second-order valence-corrected chi connectivity index (χ2v) is 5.23. The van der Waals surface area contributed by atoms with Crippen molar-refractivity contribution in [3.8, 4) is 0 Å². The summed E-state index contributed by atoms with van der Waals surface area (Å²) >= 11 is 6.00. The Bertz CT molecular complexity index is 385. The molecule has 1 aromatic carbocycles. The number of hydrazine groups is 1. The molecule has 88 valence electrons. The second-order valence-electron chi connectivity index (χ2n) is 4.79. The van der Waals surface area contributed by atoms with Crippen molar-refractivity contribution in [3.05, 3.63) is 34.3 Å². The minimum Gasteiger partial charge on any atom is -0.308 e. The van der Waals surface area contributed by atoms with Gasteiger partial charge >= 0.3 is 0 Å². The summed E-state index contributed by atoms with van der Waals surface area (Å²) in [6.07, 6.45) is 0. The smallest absolute Gasteiger partial charge is 0.143 e. The first-order valence-electron chi connectivity index (χ1n) is 5.16. The van der Waals surface area contributed by atoms with Gasteiger partial charge in [-0.25, -0.2) is 5.84 Å². The molecule has 3 N–H and O–H groups in total. The van der Waals surface area contributed by atoms with Crippen molar-refractivity contribution >= 4 is 17.4 Å². The summed E-state index contributed by atoms with van der Waals surface area (Å²) in [5.41, 5.74) is 4.43. The van der Waals surface area contributed by atoms with Crippen LogP contribution in [0.15, 0.2) is 23.2 Å². The van der Waals surface area contributed by atoms with Crippen molar-refractivity contribution < 1.29 is 0 Å². The van der Waals surface area contributed by atoms with Crippen LogP contribution in [0, 0.1) is 6.92 Å². The van der Waals surface area contributed by atoms with E-state index < -0.39 is 0 Å². The highest BCUT2D eigenvalue weighted by atomic mass is 35.5. The lowest BCUT2D eigenvalue weighted by Gasteiger charge is -2.16.